The zero-order valence-electron chi connectivity index (χ0n) is 12.4. The third-order valence-corrected chi connectivity index (χ3v) is 3.73. The molecule has 0 saturated carbocycles. The van der Waals surface area contributed by atoms with E-state index in [1.807, 2.05) is 48.5 Å². The number of carbonyl (C=O) groups excluding carboxylic acids is 1. The van der Waals surface area contributed by atoms with Gasteiger partial charge in [-0.3, -0.25) is 4.79 Å². The second kappa shape index (κ2) is 8.44. The number of ether oxygens (including phenoxy) is 1. The van der Waals surface area contributed by atoms with Gasteiger partial charge in [0.1, 0.15) is 5.75 Å². The molecule has 0 heterocycles. The molecule has 2 aromatic rings. The van der Waals surface area contributed by atoms with Crippen molar-refractivity contribution in [2.24, 2.45) is 0 Å². The largest absolute Gasteiger partial charge is 0.496 e. The predicted molar refractivity (Wildman–Crippen MR) is 92.3 cm³/mol. The molecule has 0 radical (unpaired) electrons. The summed E-state index contributed by atoms with van der Waals surface area (Å²) in [5, 5.41) is 5.98. The van der Waals surface area contributed by atoms with Gasteiger partial charge in [-0.1, -0.05) is 34.1 Å². The molecule has 2 aromatic carbocycles. The van der Waals surface area contributed by atoms with Crippen LogP contribution in [0.15, 0.2) is 53.0 Å². The van der Waals surface area contributed by atoms with E-state index >= 15 is 0 Å². The maximum absolute atomic E-state index is 11.8. The van der Waals surface area contributed by atoms with Gasteiger partial charge in [-0.15, -0.1) is 0 Å². The molecule has 2 rings (SSSR count). The van der Waals surface area contributed by atoms with Crippen LogP contribution in [0.5, 0.6) is 5.75 Å². The van der Waals surface area contributed by atoms with Crippen LogP contribution in [0.1, 0.15) is 5.56 Å². The van der Waals surface area contributed by atoms with Crippen LogP contribution in [-0.2, 0) is 11.2 Å². The Hall–Kier alpha value is -2.01. The molecule has 0 aromatic heterocycles. The van der Waals surface area contributed by atoms with Gasteiger partial charge in [0.2, 0.25) is 5.91 Å². The first kappa shape index (κ1) is 16.4. The summed E-state index contributed by atoms with van der Waals surface area (Å²) in [5.74, 6) is 0.822. The Kier molecular flexibility index (Phi) is 6.27. The first-order valence-electron chi connectivity index (χ1n) is 7.07. The Morgan fingerprint density at radius 1 is 1.14 bits per heavy atom. The summed E-state index contributed by atoms with van der Waals surface area (Å²) in [7, 11) is 1.65. The van der Waals surface area contributed by atoms with Crippen LogP contribution in [0.3, 0.4) is 0 Å². The lowest BCUT2D eigenvalue weighted by Crippen LogP contribution is -2.31. The lowest BCUT2D eigenvalue weighted by atomic mass is 10.1. The van der Waals surface area contributed by atoms with Crippen molar-refractivity contribution in [1.82, 2.24) is 5.32 Å². The van der Waals surface area contributed by atoms with Gasteiger partial charge in [0.25, 0.3) is 0 Å². The minimum absolute atomic E-state index is 0.0298. The monoisotopic (exact) mass is 362 g/mol. The summed E-state index contributed by atoms with van der Waals surface area (Å²) in [5.41, 5.74) is 2.01. The zero-order chi connectivity index (χ0) is 15.8. The maximum Gasteiger partial charge on any atom is 0.239 e. The molecule has 0 unspecified atom stereocenters. The summed E-state index contributed by atoms with van der Waals surface area (Å²) < 4.78 is 6.30. The number of amides is 1. The average Bonchev–Trinajstić information content (AvgIpc) is 2.55. The summed E-state index contributed by atoms with van der Waals surface area (Å²) in [6.07, 6.45) is 0.744. The van der Waals surface area contributed by atoms with Gasteiger partial charge < -0.3 is 15.4 Å². The maximum atomic E-state index is 11.8. The van der Waals surface area contributed by atoms with Gasteiger partial charge in [-0.2, -0.15) is 0 Å². The van der Waals surface area contributed by atoms with E-state index in [4.69, 9.17) is 4.74 Å². The van der Waals surface area contributed by atoms with Crippen molar-refractivity contribution in [3.8, 4) is 5.75 Å². The van der Waals surface area contributed by atoms with Gasteiger partial charge in [0.05, 0.1) is 13.7 Å². The number of nitrogens with one attached hydrogen (secondary N) is 2. The van der Waals surface area contributed by atoms with Crippen molar-refractivity contribution >= 4 is 27.5 Å². The number of hydrogen-bond donors (Lipinski definition) is 2. The Morgan fingerprint density at radius 2 is 1.86 bits per heavy atom. The fraction of sp³-hybridized carbons (Fsp3) is 0.235. The highest BCUT2D eigenvalue weighted by Gasteiger charge is 2.04. The first-order valence-corrected chi connectivity index (χ1v) is 7.86. The number of anilines is 1. The van der Waals surface area contributed by atoms with Crippen LogP contribution in [0.2, 0.25) is 0 Å². The second-order valence-corrected chi connectivity index (χ2v) is 5.69. The Balaban J connectivity index is 1.72. The number of carbonyl (C=O) groups is 1. The Labute approximate surface area is 139 Å². The molecular formula is C17H19BrN2O2. The quantitative estimate of drug-likeness (QED) is 0.794. The molecule has 0 aliphatic rings. The predicted octanol–water partition coefficient (Wildman–Crippen LogP) is 3.23. The fourth-order valence-corrected chi connectivity index (χ4v) is 2.32. The first-order chi connectivity index (χ1) is 10.7. The molecule has 0 bridgehead atoms. The van der Waals surface area contributed by atoms with Crippen LogP contribution in [0.4, 0.5) is 5.69 Å². The number of rotatable bonds is 7. The van der Waals surface area contributed by atoms with E-state index in [0.29, 0.717) is 6.54 Å². The molecular weight excluding hydrogens is 344 g/mol. The van der Waals surface area contributed by atoms with E-state index in [0.717, 1.165) is 27.9 Å². The normalized spacial score (nSPS) is 10.1. The van der Waals surface area contributed by atoms with Gasteiger partial charge in [0, 0.05) is 16.7 Å². The van der Waals surface area contributed by atoms with Gasteiger partial charge in [0.15, 0.2) is 0 Å². The van der Waals surface area contributed by atoms with Crippen LogP contribution >= 0.6 is 15.9 Å². The molecule has 4 nitrogen and oxygen atoms in total. The molecule has 1 amide bonds. The van der Waals surface area contributed by atoms with Crippen LogP contribution < -0.4 is 15.4 Å². The number of halogens is 1. The number of hydrogen-bond acceptors (Lipinski definition) is 3. The lowest BCUT2D eigenvalue weighted by Gasteiger charge is -2.10. The van der Waals surface area contributed by atoms with Crippen LogP contribution in [0.25, 0.3) is 0 Å². The van der Waals surface area contributed by atoms with E-state index < -0.39 is 0 Å². The minimum Gasteiger partial charge on any atom is -0.496 e. The third-order valence-electron chi connectivity index (χ3n) is 3.21. The second-order valence-electron chi connectivity index (χ2n) is 4.77. The lowest BCUT2D eigenvalue weighted by molar-refractivity contribution is -0.119. The van der Waals surface area contributed by atoms with E-state index in [1.165, 1.54) is 0 Å². The zero-order valence-corrected chi connectivity index (χ0v) is 14.0. The van der Waals surface area contributed by atoms with Crippen molar-refractivity contribution in [3.63, 3.8) is 0 Å². The smallest absolute Gasteiger partial charge is 0.239 e. The van der Waals surface area contributed by atoms with Crippen LogP contribution in [-0.4, -0.2) is 26.1 Å². The van der Waals surface area contributed by atoms with Crippen molar-refractivity contribution in [3.05, 3.63) is 58.6 Å². The summed E-state index contributed by atoms with van der Waals surface area (Å²) in [6, 6.07) is 15.5. The van der Waals surface area contributed by atoms with E-state index in [2.05, 4.69) is 26.6 Å². The average molecular weight is 363 g/mol. The van der Waals surface area contributed by atoms with Crippen molar-refractivity contribution in [2.75, 3.05) is 25.5 Å². The molecule has 2 N–H and O–H groups in total. The highest BCUT2D eigenvalue weighted by Crippen LogP contribution is 2.17. The van der Waals surface area contributed by atoms with E-state index in [1.54, 1.807) is 7.11 Å². The van der Waals surface area contributed by atoms with Crippen molar-refractivity contribution in [1.29, 1.82) is 0 Å². The third kappa shape index (κ3) is 5.07. The molecule has 22 heavy (non-hydrogen) atoms. The molecule has 0 spiro atoms. The Morgan fingerprint density at radius 3 is 2.59 bits per heavy atom. The summed E-state index contributed by atoms with van der Waals surface area (Å²) >= 11 is 3.38. The topological polar surface area (TPSA) is 50.4 Å². The molecule has 5 heteroatoms. The van der Waals surface area contributed by atoms with E-state index in [-0.39, 0.29) is 12.5 Å². The van der Waals surface area contributed by atoms with Gasteiger partial charge >= 0.3 is 0 Å². The van der Waals surface area contributed by atoms with E-state index in [9.17, 15) is 4.79 Å². The SMILES string of the molecule is COc1ccccc1CCNC(=O)CNc1ccc(Br)cc1. The van der Waals surface area contributed by atoms with Crippen molar-refractivity contribution < 1.29 is 9.53 Å². The standard InChI is InChI=1S/C17H19BrN2O2/c1-22-16-5-3-2-4-13(16)10-11-19-17(21)12-20-15-8-6-14(18)7-9-15/h2-9,20H,10-12H2,1H3,(H,19,21). The summed E-state index contributed by atoms with van der Waals surface area (Å²) in [4.78, 5) is 11.8. The highest BCUT2D eigenvalue weighted by molar-refractivity contribution is 9.10. The molecule has 116 valence electrons. The molecule has 0 saturated heterocycles. The summed E-state index contributed by atoms with van der Waals surface area (Å²) in [6.45, 7) is 0.842. The fourth-order valence-electron chi connectivity index (χ4n) is 2.06. The number of benzene rings is 2. The van der Waals surface area contributed by atoms with Gasteiger partial charge in [-0.25, -0.2) is 0 Å². The van der Waals surface area contributed by atoms with Crippen LogP contribution in [0, 0.1) is 0 Å². The molecule has 0 aliphatic carbocycles. The molecule has 0 atom stereocenters. The molecule has 0 fully saturated rings. The highest BCUT2D eigenvalue weighted by atomic mass is 79.9. The minimum atomic E-state index is -0.0298. The Bertz CT molecular complexity index is 614. The number of para-hydroxylation sites is 1. The molecule has 0 aliphatic heterocycles. The number of methoxy groups -OCH3 is 1. The van der Waals surface area contributed by atoms with Gasteiger partial charge in [-0.05, 0) is 42.3 Å². The van der Waals surface area contributed by atoms with Crippen molar-refractivity contribution in [2.45, 2.75) is 6.42 Å².